The number of anilines is 2. The molecular weight excluding hydrogens is 434 g/mol. The van der Waals surface area contributed by atoms with E-state index in [1.165, 1.54) is 17.0 Å². The number of morpholine rings is 1. The molecule has 1 aliphatic rings. The summed E-state index contributed by atoms with van der Waals surface area (Å²) in [5.41, 5.74) is 2.62. The molecule has 1 fully saturated rings. The van der Waals surface area contributed by atoms with E-state index in [0.717, 1.165) is 31.6 Å². The van der Waals surface area contributed by atoms with Crippen molar-refractivity contribution in [3.8, 4) is 5.75 Å². The van der Waals surface area contributed by atoms with Crippen LogP contribution in [0.3, 0.4) is 0 Å². The van der Waals surface area contributed by atoms with Gasteiger partial charge in [-0.15, -0.1) is 0 Å². The molecular formula is C25H31N5O4. The second-order valence-corrected chi connectivity index (χ2v) is 8.55. The number of hydrogen-bond donors (Lipinski definition) is 2. The Kier molecular flexibility index (Phi) is 7.02. The molecule has 2 aromatic carbocycles. The molecule has 1 aromatic heterocycles. The van der Waals surface area contributed by atoms with E-state index in [4.69, 9.17) is 4.74 Å². The molecule has 2 N–H and O–H groups in total. The maximum absolute atomic E-state index is 13.3. The molecule has 0 unspecified atom stereocenters. The van der Waals surface area contributed by atoms with Gasteiger partial charge in [0.15, 0.2) is 5.69 Å². The lowest BCUT2D eigenvalue weighted by Crippen LogP contribution is -2.36. The van der Waals surface area contributed by atoms with Crippen LogP contribution in [-0.2, 0) is 4.74 Å². The number of ether oxygens (including phenoxy) is 1. The van der Waals surface area contributed by atoms with Gasteiger partial charge in [0.05, 0.1) is 24.3 Å². The Morgan fingerprint density at radius 3 is 2.50 bits per heavy atom. The molecule has 34 heavy (non-hydrogen) atoms. The number of aromatic nitrogens is 2. The third kappa shape index (κ3) is 4.70. The van der Waals surface area contributed by atoms with Crippen LogP contribution in [0.4, 0.5) is 11.4 Å². The number of fused-ring (bicyclic) bond motifs is 1. The quantitative estimate of drug-likeness (QED) is 0.555. The minimum absolute atomic E-state index is 0.110. The van der Waals surface area contributed by atoms with Crippen molar-refractivity contribution in [1.82, 2.24) is 15.1 Å². The van der Waals surface area contributed by atoms with Crippen LogP contribution in [0.5, 0.6) is 5.75 Å². The number of H-pyrrole nitrogens is 1. The fraction of sp³-hybridized carbons (Fsp3) is 0.400. The SMILES string of the molecule is CCCCN(C)C(=O)c1n[nH]c2cc(O)c(C(=O)N(C)c3ccc(N4CCOCC4)cc3)cc12. The molecule has 2 amide bonds. The Morgan fingerprint density at radius 2 is 1.82 bits per heavy atom. The Bertz CT molecular complexity index is 1170. The summed E-state index contributed by atoms with van der Waals surface area (Å²) in [5, 5.41) is 18.0. The third-order valence-corrected chi connectivity index (χ3v) is 6.22. The molecule has 3 aromatic rings. The zero-order chi connectivity index (χ0) is 24.2. The number of aromatic hydroxyl groups is 1. The molecule has 0 radical (unpaired) electrons. The Morgan fingerprint density at radius 1 is 1.12 bits per heavy atom. The zero-order valence-corrected chi connectivity index (χ0v) is 19.9. The van der Waals surface area contributed by atoms with E-state index in [1.54, 1.807) is 19.0 Å². The van der Waals surface area contributed by atoms with Crippen molar-refractivity contribution in [3.63, 3.8) is 0 Å². The van der Waals surface area contributed by atoms with Gasteiger partial charge in [-0.2, -0.15) is 5.10 Å². The number of unbranched alkanes of at least 4 members (excludes halogenated alkanes) is 1. The van der Waals surface area contributed by atoms with Gasteiger partial charge < -0.3 is 24.5 Å². The Hall–Kier alpha value is -3.59. The number of benzene rings is 2. The highest BCUT2D eigenvalue weighted by molar-refractivity contribution is 6.12. The van der Waals surface area contributed by atoms with Crippen molar-refractivity contribution in [3.05, 3.63) is 47.7 Å². The van der Waals surface area contributed by atoms with Crippen LogP contribution in [0.25, 0.3) is 10.9 Å². The van der Waals surface area contributed by atoms with Gasteiger partial charge in [-0.25, -0.2) is 0 Å². The first-order valence-electron chi connectivity index (χ1n) is 11.6. The number of amides is 2. The summed E-state index contributed by atoms with van der Waals surface area (Å²) >= 11 is 0. The first-order chi connectivity index (χ1) is 16.4. The van der Waals surface area contributed by atoms with Gasteiger partial charge in [-0.05, 0) is 36.8 Å². The van der Waals surface area contributed by atoms with Crippen molar-refractivity contribution in [2.45, 2.75) is 19.8 Å². The van der Waals surface area contributed by atoms with E-state index < -0.39 is 0 Å². The summed E-state index contributed by atoms with van der Waals surface area (Å²) in [4.78, 5) is 31.5. The Labute approximate surface area is 198 Å². The summed E-state index contributed by atoms with van der Waals surface area (Å²) in [6, 6.07) is 10.7. The van der Waals surface area contributed by atoms with Gasteiger partial charge in [0.2, 0.25) is 0 Å². The topological polar surface area (TPSA) is 102 Å². The molecule has 1 aliphatic heterocycles. The van der Waals surface area contributed by atoms with Crippen LogP contribution in [0, 0.1) is 0 Å². The summed E-state index contributed by atoms with van der Waals surface area (Å²) in [6.45, 7) is 5.76. The molecule has 9 nitrogen and oxygen atoms in total. The number of rotatable bonds is 7. The van der Waals surface area contributed by atoms with E-state index in [9.17, 15) is 14.7 Å². The number of carbonyl (C=O) groups is 2. The number of hydrogen-bond acceptors (Lipinski definition) is 6. The molecule has 2 heterocycles. The van der Waals surface area contributed by atoms with Gasteiger partial charge >= 0.3 is 0 Å². The summed E-state index contributed by atoms with van der Waals surface area (Å²) < 4.78 is 5.40. The van der Waals surface area contributed by atoms with Crippen LogP contribution >= 0.6 is 0 Å². The number of aromatic amines is 1. The van der Waals surface area contributed by atoms with Gasteiger partial charge in [0, 0.05) is 56.6 Å². The lowest BCUT2D eigenvalue weighted by atomic mass is 10.1. The van der Waals surface area contributed by atoms with Crippen LogP contribution in [0.2, 0.25) is 0 Å². The largest absolute Gasteiger partial charge is 0.507 e. The molecule has 0 atom stereocenters. The Balaban J connectivity index is 1.57. The standard InChI is InChI=1S/C25H31N5O4/c1-4-5-10-28(2)25(33)23-19-15-20(22(31)16-21(19)26-27-23)24(32)29(3)17-6-8-18(9-7-17)30-11-13-34-14-12-30/h6-9,15-16,31H,4-5,10-14H2,1-3H3,(H,26,27). The minimum atomic E-state index is -0.377. The molecule has 0 spiro atoms. The highest BCUT2D eigenvalue weighted by Crippen LogP contribution is 2.29. The van der Waals surface area contributed by atoms with Crippen molar-refractivity contribution in [2.24, 2.45) is 0 Å². The monoisotopic (exact) mass is 465 g/mol. The molecule has 0 aliphatic carbocycles. The number of phenols is 1. The van der Waals surface area contributed by atoms with Crippen molar-refractivity contribution in [1.29, 1.82) is 0 Å². The minimum Gasteiger partial charge on any atom is -0.507 e. The summed E-state index contributed by atoms with van der Waals surface area (Å²) in [5.74, 6) is -0.774. The highest BCUT2D eigenvalue weighted by atomic mass is 16.5. The summed E-state index contributed by atoms with van der Waals surface area (Å²) in [6.07, 6.45) is 1.87. The number of phenolic OH excluding ortho intramolecular Hbond substituents is 1. The van der Waals surface area contributed by atoms with Crippen LogP contribution in [0.15, 0.2) is 36.4 Å². The second-order valence-electron chi connectivity index (χ2n) is 8.55. The van der Waals surface area contributed by atoms with Crippen LogP contribution in [-0.4, -0.2) is 79.0 Å². The van der Waals surface area contributed by atoms with E-state index in [0.29, 0.717) is 36.3 Å². The third-order valence-electron chi connectivity index (χ3n) is 6.22. The number of nitrogens with zero attached hydrogens (tertiary/aromatic N) is 4. The van der Waals surface area contributed by atoms with E-state index >= 15 is 0 Å². The van der Waals surface area contributed by atoms with Crippen molar-refractivity contribution in [2.75, 3.05) is 56.7 Å². The van der Waals surface area contributed by atoms with E-state index in [1.807, 2.05) is 24.3 Å². The fourth-order valence-corrected chi connectivity index (χ4v) is 4.07. The molecule has 4 rings (SSSR count). The first-order valence-corrected chi connectivity index (χ1v) is 11.6. The predicted octanol–water partition coefficient (Wildman–Crippen LogP) is 3.25. The summed E-state index contributed by atoms with van der Waals surface area (Å²) in [7, 11) is 3.40. The van der Waals surface area contributed by atoms with Gasteiger partial charge in [0.25, 0.3) is 11.8 Å². The smallest absolute Gasteiger partial charge is 0.274 e. The van der Waals surface area contributed by atoms with Crippen LogP contribution < -0.4 is 9.80 Å². The fourth-order valence-electron chi connectivity index (χ4n) is 4.07. The average Bonchev–Trinajstić information content (AvgIpc) is 3.28. The molecule has 180 valence electrons. The zero-order valence-electron chi connectivity index (χ0n) is 19.9. The van der Waals surface area contributed by atoms with Gasteiger partial charge in [0.1, 0.15) is 5.75 Å². The molecule has 1 saturated heterocycles. The molecule has 9 heteroatoms. The molecule has 0 saturated carbocycles. The predicted molar refractivity (Wildman–Crippen MR) is 132 cm³/mol. The molecule has 0 bridgehead atoms. The first kappa shape index (κ1) is 23.6. The van der Waals surface area contributed by atoms with Crippen molar-refractivity contribution < 1.29 is 19.4 Å². The maximum atomic E-state index is 13.3. The van der Waals surface area contributed by atoms with E-state index in [-0.39, 0.29) is 28.8 Å². The average molecular weight is 466 g/mol. The lowest BCUT2D eigenvalue weighted by Gasteiger charge is -2.29. The number of carbonyl (C=O) groups excluding carboxylic acids is 2. The normalized spacial score (nSPS) is 13.8. The maximum Gasteiger partial charge on any atom is 0.274 e. The number of nitrogens with one attached hydrogen (secondary N) is 1. The van der Waals surface area contributed by atoms with Gasteiger partial charge in [-0.3, -0.25) is 14.7 Å². The second kappa shape index (κ2) is 10.1. The lowest BCUT2D eigenvalue weighted by molar-refractivity contribution is 0.0789. The van der Waals surface area contributed by atoms with E-state index in [2.05, 4.69) is 22.0 Å². The van der Waals surface area contributed by atoms with Gasteiger partial charge in [-0.1, -0.05) is 13.3 Å². The van der Waals surface area contributed by atoms with Crippen LogP contribution in [0.1, 0.15) is 40.6 Å². The van der Waals surface area contributed by atoms with Crippen molar-refractivity contribution >= 4 is 34.1 Å². The highest BCUT2D eigenvalue weighted by Gasteiger charge is 2.23.